The molecular weight excluding hydrogens is 284 g/mol. The van der Waals surface area contributed by atoms with Crippen molar-refractivity contribution in [3.8, 4) is 0 Å². The number of rotatable bonds is 5. The first-order chi connectivity index (χ1) is 11.2. The highest BCUT2D eigenvalue weighted by Gasteiger charge is 2.25. The van der Waals surface area contributed by atoms with Gasteiger partial charge in [0.15, 0.2) is 0 Å². The molecule has 0 bridgehead atoms. The van der Waals surface area contributed by atoms with Gasteiger partial charge in [-0.1, -0.05) is 55.3 Å². The third kappa shape index (κ3) is 3.82. The molecule has 0 spiro atoms. The molecule has 120 valence electrons. The Hall–Kier alpha value is -2.09. The van der Waals surface area contributed by atoms with E-state index in [0.29, 0.717) is 0 Å². The second-order valence-corrected chi connectivity index (χ2v) is 6.50. The summed E-state index contributed by atoms with van der Waals surface area (Å²) in [5.74, 6) is -0.168. The van der Waals surface area contributed by atoms with E-state index in [1.54, 1.807) is 0 Å². The SMILES string of the molecule is CCCc1ccc(CCC2Cc3ccc(C)cc3C(=O)O2)cc1. The third-order valence-electron chi connectivity index (χ3n) is 4.52. The van der Waals surface area contributed by atoms with Gasteiger partial charge < -0.3 is 4.74 Å². The number of aryl methyl sites for hydroxylation is 3. The summed E-state index contributed by atoms with van der Waals surface area (Å²) in [7, 11) is 0. The van der Waals surface area contributed by atoms with Crippen molar-refractivity contribution < 1.29 is 9.53 Å². The van der Waals surface area contributed by atoms with Crippen LogP contribution in [0.2, 0.25) is 0 Å². The molecule has 0 saturated heterocycles. The molecule has 23 heavy (non-hydrogen) atoms. The maximum atomic E-state index is 12.2. The fourth-order valence-electron chi connectivity index (χ4n) is 3.21. The molecule has 0 aromatic heterocycles. The van der Waals surface area contributed by atoms with Gasteiger partial charge in [-0.05, 0) is 48.9 Å². The Morgan fingerprint density at radius 3 is 2.43 bits per heavy atom. The van der Waals surface area contributed by atoms with Crippen molar-refractivity contribution in [2.24, 2.45) is 0 Å². The minimum atomic E-state index is -0.168. The van der Waals surface area contributed by atoms with Gasteiger partial charge in [0.25, 0.3) is 0 Å². The van der Waals surface area contributed by atoms with E-state index in [-0.39, 0.29) is 12.1 Å². The van der Waals surface area contributed by atoms with E-state index in [9.17, 15) is 4.79 Å². The van der Waals surface area contributed by atoms with Crippen LogP contribution in [0.25, 0.3) is 0 Å². The standard InChI is InChI=1S/C21H24O2/c1-3-4-16-6-8-17(9-7-16)10-12-19-14-18-11-5-15(2)13-20(18)21(22)23-19/h5-9,11,13,19H,3-4,10,12,14H2,1-2H3. The first-order valence-corrected chi connectivity index (χ1v) is 8.54. The number of carbonyl (C=O) groups is 1. The maximum absolute atomic E-state index is 12.2. The van der Waals surface area contributed by atoms with E-state index < -0.39 is 0 Å². The largest absolute Gasteiger partial charge is 0.458 e. The molecule has 0 saturated carbocycles. The molecule has 2 heteroatoms. The fraction of sp³-hybridized carbons (Fsp3) is 0.381. The van der Waals surface area contributed by atoms with Crippen LogP contribution in [0.1, 0.15) is 52.4 Å². The molecule has 2 nitrogen and oxygen atoms in total. The molecule has 1 heterocycles. The van der Waals surface area contributed by atoms with Gasteiger partial charge in [0.2, 0.25) is 0 Å². The van der Waals surface area contributed by atoms with E-state index in [0.717, 1.165) is 42.4 Å². The first-order valence-electron chi connectivity index (χ1n) is 8.54. The lowest BCUT2D eigenvalue weighted by atomic mass is 9.94. The van der Waals surface area contributed by atoms with Gasteiger partial charge in [0, 0.05) is 6.42 Å². The fourth-order valence-corrected chi connectivity index (χ4v) is 3.21. The highest BCUT2D eigenvalue weighted by Crippen LogP contribution is 2.24. The van der Waals surface area contributed by atoms with Crippen molar-refractivity contribution in [2.75, 3.05) is 0 Å². The summed E-state index contributed by atoms with van der Waals surface area (Å²) >= 11 is 0. The Bertz CT molecular complexity index is 685. The van der Waals surface area contributed by atoms with E-state index in [4.69, 9.17) is 4.74 Å². The lowest BCUT2D eigenvalue weighted by molar-refractivity contribution is 0.0238. The Morgan fingerprint density at radius 2 is 1.74 bits per heavy atom. The molecule has 0 N–H and O–H groups in total. The first kappa shape index (κ1) is 15.8. The van der Waals surface area contributed by atoms with Crippen LogP contribution in [-0.2, 0) is 24.0 Å². The topological polar surface area (TPSA) is 26.3 Å². The van der Waals surface area contributed by atoms with Crippen LogP contribution in [0.4, 0.5) is 0 Å². The van der Waals surface area contributed by atoms with Gasteiger partial charge in [-0.25, -0.2) is 4.79 Å². The number of ether oxygens (including phenoxy) is 1. The summed E-state index contributed by atoms with van der Waals surface area (Å²) in [6.45, 7) is 4.20. The number of hydrogen-bond acceptors (Lipinski definition) is 2. The molecule has 0 aliphatic carbocycles. The van der Waals surface area contributed by atoms with Crippen LogP contribution >= 0.6 is 0 Å². The Kier molecular flexibility index (Phi) is 4.80. The van der Waals surface area contributed by atoms with Crippen LogP contribution in [0.5, 0.6) is 0 Å². The minimum absolute atomic E-state index is 0.00646. The molecule has 3 rings (SSSR count). The highest BCUT2D eigenvalue weighted by molar-refractivity contribution is 5.92. The Morgan fingerprint density at radius 1 is 1.04 bits per heavy atom. The summed E-state index contributed by atoms with van der Waals surface area (Å²) in [4.78, 5) is 12.2. The van der Waals surface area contributed by atoms with Gasteiger partial charge in [-0.15, -0.1) is 0 Å². The van der Waals surface area contributed by atoms with E-state index in [1.807, 2.05) is 13.0 Å². The van der Waals surface area contributed by atoms with Crippen LogP contribution in [0.3, 0.4) is 0 Å². The number of benzene rings is 2. The molecule has 1 aliphatic rings. The van der Waals surface area contributed by atoms with Gasteiger partial charge in [-0.2, -0.15) is 0 Å². The summed E-state index contributed by atoms with van der Waals surface area (Å²) in [6, 6.07) is 14.9. The predicted molar refractivity (Wildman–Crippen MR) is 92.8 cm³/mol. The Balaban J connectivity index is 1.61. The van der Waals surface area contributed by atoms with E-state index in [1.165, 1.54) is 17.5 Å². The number of carbonyl (C=O) groups excluding carboxylic acids is 1. The second-order valence-electron chi connectivity index (χ2n) is 6.50. The number of esters is 1. The zero-order valence-corrected chi connectivity index (χ0v) is 14.0. The summed E-state index contributed by atoms with van der Waals surface area (Å²) in [5.41, 5.74) is 5.67. The molecule has 1 aliphatic heterocycles. The van der Waals surface area contributed by atoms with Crippen molar-refractivity contribution in [1.29, 1.82) is 0 Å². The van der Waals surface area contributed by atoms with Gasteiger partial charge in [0.05, 0.1) is 5.56 Å². The second kappa shape index (κ2) is 6.99. The average molecular weight is 308 g/mol. The molecule has 1 unspecified atom stereocenters. The quantitative estimate of drug-likeness (QED) is 0.751. The van der Waals surface area contributed by atoms with Crippen molar-refractivity contribution in [3.05, 3.63) is 70.3 Å². The zero-order chi connectivity index (χ0) is 16.2. The molecular formula is C21H24O2. The van der Waals surface area contributed by atoms with Crippen LogP contribution in [0, 0.1) is 6.92 Å². The lowest BCUT2D eigenvalue weighted by Gasteiger charge is -2.25. The van der Waals surface area contributed by atoms with Crippen LogP contribution in [0.15, 0.2) is 42.5 Å². The summed E-state index contributed by atoms with van der Waals surface area (Å²) < 4.78 is 5.61. The molecule has 2 aromatic carbocycles. The monoisotopic (exact) mass is 308 g/mol. The van der Waals surface area contributed by atoms with Crippen molar-refractivity contribution >= 4 is 5.97 Å². The van der Waals surface area contributed by atoms with Crippen molar-refractivity contribution in [3.63, 3.8) is 0 Å². The maximum Gasteiger partial charge on any atom is 0.338 e. The van der Waals surface area contributed by atoms with E-state index >= 15 is 0 Å². The molecule has 2 aromatic rings. The van der Waals surface area contributed by atoms with E-state index in [2.05, 4.69) is 43.3 Å². The van der Waals surface area contributed by atoms with Gasteiger partial charge >= 0.3 is 5.97 Å². The zero-order valence-electron chi connectivity index (χ0n) is 14.0. The van der Waals surface area contributed by atoms with Crippen molar-refractivity contribution in [2.45, 2.75) is 52.1 Å². The lowest BCUT2D eigenvalue weighted by Crippen LogP contribution is -2.28. The highest BCUT2D eigenvalue weighted by atomic mass is 16.5. The van der Waals surface area contributed by atoms with Crippen LogP contribution in [-0.4, -0.2) is 12.1 Å². The number of fused-ring (bicyclic) bond motifs is 1. The van der Waals surface area contributed by atoms with Crippen LogP contribution < -0.4 is 0 Å². The number of cyclic esters (lactones) is 1. The normalized spacial score (nSPS) is 16.8. The average Bonchev–Trinajstić information content (AvgIpc) is 2.55. The minimum Gasteiger partial charge on any atom is -0.458 e. The Labute approximate surface area is 138 Å². The van der Waals surface area contributed by atoms with Crippen molar-refractivity contribution in [1.82, 2.24) is 0 Å². The van der Waals surface area contributed by atoms with Gasteiger partial charge in [-0.3, -0.25) is 0 Å². The summed E-state index contributed by atoms with van der Waals surface area (Å²) in [6.07, 6.45) is 4.97. The predicted octanol–water partition coefficient (Wildman–Crippen LogP) is 4.66. The molecule has 0 radical (unpaired) electrons. The molecule has 0 fully saturated rings. The smallest absolute Gasteiger partial charge is 0.338 e. The molecule has 1 atom stereocenters. The third-order valence-corrected chi connectivity index (χ3v) is 4.52. The summed E-state index contributed by atoms with van der Waals surface area (Å²) in [5, 5.41) is 0. The van der Waals surface area contributed by atoms with Gasteiger partial charge in [0.1, 0.15) is 6.10 Å². The molecule has 0 amide bonds. The number of hydrogen-bond donors (Lipinski definition) is 0.